The Kier molecular flexibility index (Phi) is 2.67. The molecule has 0 bridgehead atoms. The molecule has 0 spiro atoms. The molecule has 2 unspecified atom stereocenters. The van der Waals surface area contributed by atoms with Gasteiger partial charge in [-0.25, -0.2) is 0 Å². The molecule has 1 rings (SSSR count). The molecule has 0 aromatic carbocycles. The van der Waals surface area contributed by atoms with Crippen LogP contribution in [-0.4, -0.2) is 17.8 Å². The molecule has 0 radical (unpaired) electrons. The second-order valence-corrected chi connectivity index (χ2v) is 4.62. The van der Waals surface area contributed by atoms with Crippen molar-refractivity contribution >= 4 is 17.5 Å². The summed E-state index contributed by atoms with van der Waals surface area (Å²) in [5, 5.41) is 2.88. The van der Waals surface area contributed by atoms with Crippen molar-refractivity contribution < 1.29 is 4.79 Å². The zero-order chi connectivity index (χ0) is 9.35. The van der Waals surface area contributed by atoms with Gasteiger partial charge < -0.3 is 5.32 Å². The van der Waals surface area contributed by atoms with Crippen LogP contribution in [-0.2, 0) is 4.79 Å². The first kappa shape index (κ1) is 9.85. The number of nitrogens with one attached hydrogen (secondary N) is 1. The number of carbonyl (C=O) groups excluding carboxylic acids is 1. The lowest BCUT2D eigenvalue weighted by Gasteiger charge is -2.10. The van der Waals surface area contributed by atoms with E-state index in [-0.39, 0.29) is 23.3 Å². The molecule has 2 atom stereocenters. The molecule has 1 saturated carbocycles. The van der Waals surface area contributed by atoms with Crippen molar-refractivity contribution in [3.8, 4) is 0 Å². The van der Waals surface area contributed by atoms with Crippen LogP contribution in [0.15, 0.2) is 0 Å². The zero-order valence-corrected chi connectivity index (χ0v) is 8.61. The van der Waals surface area contributed by atoms with E-state index in [2.05, 4.69) is 19.2 Å². The summed E-state index contributed by atoms with van der Waals surface area (Å²) in [5.74, 6) is 0.857. The second kappa shape index (κ2) is 3.25. The lowest BCUT2D eigenvalue weighted by atomic mass is 10.1. The van der Waals surface area contributed by atoms with E-state index in [4.69, 9.17) is 11.6 Å². The van der Waals surface area contributed by atoms with Crippen molar-refractivity contribution in [2.75, 3.05) is 5.88 Å². The third-order valence-corrected chi connectivity index (χ3v) is 2.91. The number of hydrogen-bond donors (Lipinski definition) is 1. The topological polar surface area (TPSA) is 29.1 Å². The van der Waals surface area contributed by atoms with Crippen LogP contribution in [0, 0.1) is 11.3 Å². The summed E-state index contributed by atoms with van der Waals surface area (Å²) >= 11 is 5.58. The maximum absolute atomic E-state index is 11.4. The minimum Gasteiger partial charge on any atom is -0.352 e. The summed E-state index contributed by atoms with van der Waals surface area (Å²) < 4.78 is 0. The average molecular weight is 190 g/mol. The first-order chi connectivity index (χ1) is 5.47. The summed E-state index contributed by atoms with van der Waals surface area (Å²) in [5.41, 5.74) is 0.218. The number of halogens is 1. The minimum absolute atomic E-state index is 0.0931. The number of amides is 1. The van der Waals surface area contributed by atoms with Gasteiger partial charge in [-0.15, -0.1) is 11.6 Å². The molecule has 0 heterocycles. The number of carbonyl (C=O) groups is 1. The van der Waals surface area contributed by atoms with E-state index in [0.717, 1.165) is 6.42 Å². The van der Waals surface area contributed by atoms with E-state index in [1.165, 1.54) is 0 Å². The van der Waals surface area contributed by atoms with Crippen LogP contribution in [0.2, 0.25) is 0 Å². The van der Waals surface area contributed by atoms with E-state index in [0.29, 0.717) is 5.88 Å². The van der Waals surface area contributed by atoms with Crippen molar-refractivity contribution in [2.24, 2.45) is 11.3 Å². The Morgan fingerprint density at radius 2 is 2.25 bits per heavy atom. The standard InChI is InChI=1S/C9H16ClNO/c1-6(5-10)11-8(12)7-4-9(7,2)3/h6-7H,4-5H2,1-3H3,(H,11,12). The van der Waals surface area contributed by atoms with Gasteiger partial charge in [0.15, 0.2) is 0 Å². The molecular formula is C9H16ClNO. The van der Waals surface area contributed by atoms with E-state index < -0.39 is 0 Å². The fourth-order valence-electron chi connectivity index (χ4n) is 1.30. The normalized spacial score (nSPS) is 27.8. The van der Waals surface area contributed by atoms with Crippen LogP contribution in [0.25, 0.3) is 0 Å². The third-order valence-electron chi connectivity index (χ3n) is 2.45. The summed E-state index contributed by atoms with van der Waals surface area (Å²) in [6.45, 7) is 6.14. The van der Waals surface area contributed by atoms with Crippen molar-refractivity contribution in [3.05, 3.63) is 0 Å². The first-order valence-electron chi connectivity index (χ1n) is 4.33. The quantitative estimate of drug-likeness (QED) is 0.674. The van der Waals surface area contributed by atoms with Gasteiger partial charge in [-0.05, 0) is 18.8 Å². The van der Waals surface area contributed by atoms with E-state index in [9.17, 15) is 4.79 Å². The number of hydrogen-bond acceptors (Lipinski definition) is 1. The maximum Gasteiger partial charge on any atom is 0.223 e. The second-order valence-electron chi connectivity index (χ2n) is 4.31. The Morgan fingerprint density at radius 1 is 1.75 bits per heavy atom. The van der Waals surface area contributed by atoms with Crippen LogP contribution in [0.3, 0.4) is 0 Å². The Morgan fingerprint density at radius 3 is 2.58 bits per heavy atom. The lowest BCUT2D eigenvalue weighted by molar-refractivity contribution is -0.123. The molecule has 70 valence electrons. The molecule has 1 aliphatic rings. The van der Waals surface area contributed by atoms with Gasteiger partial charge in [0.2, 0.25) is 5.91 Å². The largest absolute Gasteiger partial charge is 0.352 e. The fourth-order valence-corrected chi connectivity index (χ4v) is 1.37. The highest BCUT2D eigenvalue weighted by Gasteiger charge is 2.50. The van der Waals surface area contributed by atoms with Crippen LogP contribution < -0.4 is 5.32 Å². The predicted octanol–water partition coefficient (Wildman–Crippen LogP) is 1.78. The summed E-state index contributed by atoms with van der Waals surface area (Å²) in [6.07, 6.45) is 1.01. The van der Waals surface area contributed by atoms with Gasteiger partial charge in [-0.3, -0.25) is 4.79 Å². The van der Waals surface area contributed by atoms with E-state index in [1.807, 2.05) is 6.92 Å². The summed E-state index contributed by atoms with van der Waals surface area (Å²) in [6, 6.07) is 0.0931. The number of alkyl halides is 1. The van der Waals surface area contributed by atoms with Crippen molar-refractivity contribution in [3.63, 3.8) is 0 Å². The van der Waals surface area contributed by atoms with Crippen LogP contribution in [0.5, 0.6) is 0 Å². The predicted molar refractivity (Wildman–Crippen MR) is 50.2 cm³/mol. The minimum atomic E-state index is 0.0931. The molecule has 12 heavy (non-hydrogen) atoms. The molecule has 1 amide bonds. The van der Waals surface area contributed by atoms with Crippen LogP contribution in [0.4, 0.5) is 0 Å². The first-order valence-corrected chi connectivity index (χ1v) is 4.87. The molecular weight excluding hydrogens is 174 g/mol. The Bertz CT molecular complexity index is 191. The number of rotatable bonds is 3. The van der Waals surface area contributed by atoms with Gasteiger partial charge in [0.1, 0.15) is 0 Å². The molecule has 1 N–H and O–H groups in total. The highest BCUT2D eigenvalue weighted by Crippen LogP contribution is 2.51. The molecule has 1 aliphatic carbocycles. The molecule has 0 aromatic heterocycles. The third kappa shape index (κ3) is 2.13. The van der Waals surface area contributed by atoms with Gasteiger partial charge in [0.25, 0.3) is 0 Å². The molecule has 0 saturated heterocycles. The van der Waals surface area contributed by atoms with E-state index in [1.54, 1.807) is 0 Å². The van der Waals surface area contributed by atoms with Crippen molar-refractivity contribution in [2.45, 2.75) is 33.2 Å². The van der Waals surface area contributed by atoms with Crippen molar-refractivity contribution in [1.82, 2.24) is 5.32 Å². The van der Waals surface area contributed by atoms with Gasteiger partial charge in [-0.1, -0.05) is 13.8 Å². The average Bonchev–Trinajstić information content (AvgIpc) is 2.59. The van der Waals surface area contributed by atoms with Crippen LogP contribution in [0.1, 0.15) is 27.2 Å². The Hall–Kier alpha value is -0.240. The van der Waals surface area contributed by atoms with Gasteiger partial charge in [-0.2, -0.15) is 0 Å². The lowest BCUT2D eigenvalue weighted by Crippen LogP contribution is -2.35. The molecule has 0 aliphatic heterocycles. The zero-order valence-electron chi connectivity index (χ0n) is 7.86. The highest BCUT2D eigenvalue weighted by molar-refractivity contribution is 6.18. The highest BCUT2D eigenvalue weighted by atomic mass is 35.5. The molecule has 3 heteroatoms. The summed E-state index contributed by atoms with van der Waals surface area (Å²) in [4.78, 5) is 11.4. The maximum atomic E-state index is 11.4. The van der Waals surface area contributed by atoms with Gasteiger partial charge >= 0.3 is 0 Å². The van der Waals surface area contributed by atoms with Crippen molar-refractivity contribution in [1.29, 1.82) is 0 Å². The molecule has 1 fully saturated rings. The molecule has 0 aromatic rings. The SMILES string of the molecule is CC(CCl)NC(=O)C1CC1(C)C. The van der Waals surface area contributed by atoms with Gasteiger partial charge in [0, 0.05) is 17.8 Å². The fraction of sp³-hybridized carbons (Fsp3) is 0.889. The molecule has 2 nitrogen and oxygen atoms in total. The Balaban J connectivity index is 2.32. The summed E-state index contributed by atoms with van der Waals surface area (Å²) in [7, 11) is 0. The van der Waals surface area contributed by atoms with Gasteiger partial charge in [0.05, 0.1) is 0 Å². The smallest absolute Gasteiger partial charge is 0.223 e. The van der Waals surface area contributed by atoms with Crippen LogP contribution >= 0.6 is 11.6 Å². The van der Waals surface area contributed by atoms with E-state index >= 15 is 0 Å². The Labute approximate surface area is 78.7 Å². The monoisotopic (exact) mass is 189 g/mol.